The Hall–Kier alpha value is -1.67. The van der Waals surface area contributed by atoms with Crippen molar-refractivity contribution >= 4 is 11.9 Å². The maximum absolute atomic E-state index is 11.2. The highest BCUT2D eigenvalue weighted by molar-refractivity contribution is 6.05. The van der Waals surface area contributed by atoms with E-state index in [2.05, 4.69) is 6.58 Å². The predicted molar refractivity (Wildman–Crippen MR) is 56.7 cm³/mol. The zero-order chi connectivity index (χ0) is 10.4. The van der Waals surface area contributed by atoms with E-state index in [-0.39, 0.29) is 18.0 Å². The first-order valence-electron chi connectivity index (χ1n) is 4.30. The van der Waals surface area contributed by atoms with Gasteiger partial charge in [-0.05, 0) is 11.6 Å². The van der Waals surface area contributed by atoms with Crippen LogP contribution < -0.4 is 0 Å². The van der Waals surface area contributed by atoms with Gasteiger partial charge in [-0.25, -0.2) is 0 Å². The summed E-state index contributed by atoms with van der Waals surface area (Å²) in [6, 6.07) is 9.48. The minimum absolute atomic E-state index is 0.206. The molecule has 0 amide bonds. The normalized spacial score (nSPS) is 10.4. The van der Waals surface area contributed by atoms with Crippen LogP contribution in [0.3, 0.4) is 0 Å². The topological polar surface area (TPSA) is 37.3 Å². The van der Waals surface area contributed by atoms with Gasteiger partial charge >= 0.3 is 0 Å². The van der Waals surface area contributed by atoms with Crippen LogP contribution in [0, 0.1) is 0 Å². The predicted octanol–water partition coefficient (Wildman–Crippen LogP) is 1.82. The van der Waals surface area contributed by atoms with Crippen molar-refractivity contribution in [1.29, 1.82) is 0 Å². The number of benzene rings is 1. The molecule has 1 rings (SSSR count). The lowest BCUT2D eigenvalue weighted by Gasteiger charge is -1.94. The van der Waals surface area contributed by atoms with Crippen LogP contribution in [-0.2, 0) is 4.79 Å². The summed E-state index contributed by atoms with van der Waals surface area (Å²) in [4.78, 5) is 11.2. The minimum Gasteiger partial charge on any atom is -0.392 e. The van der Waals surface area contributed by atoms with E-state index in [1.807, 2.05) is 30.3 Å². The third-order valence-corrected chi connectivity index (χ3v) is 1.77. The van der Waals surface area contributed by atoms with E-state index in [9.17, 15) is 4.79 Å². The van der Waals surface area contributed by atoms with Gasteiger partial charge in [-0.2, -0.15) is 0 Å². The molecule has 0 saturated heterocycles. The van der Waals surface area contributed by atoms with Crippen molar-refractivity contribution in [1.82, 2.24) is 0 Å². The Labute approximate surface area is 83.2 Å². The fourth-order valence-corrected chi connectivity index (χ4v) is 0.932. The van der Waals surface area contributed by atoms with Gasteiger partial charge in [0.15, 0.2) is 5.78 Å². The fraction of sp³-hybridized carbons (Fsp3) is 0.0833. The molecule has 1 aromatic carbocycles. The molecule has 0 fully saturated rings. The molecule has 0 aliphatic heterocycles. The Morgan fingerprint density at radius 3 is 2.57 bits per heavy atom. The van der Waals surface area contributed by atoms with Crippen molar-refractivity contribution in [2.75, 3.05) is 6.61 Å². The van der Waals surface area contributed by atoms with E-state index in [1.54, 1.807) is 6.08 Å². The summed E-state index contributed by atoms with van der Waals surface area (Å²) >= 11 is 0. The molecule has 2 heteroatoms. The Balaban J connectivity index is 2.65. The first-order valence-corrected chi connectivity index (χ1v) is 4.30. The zero-order valence-electron chi connectivity index (χ0n) is 7.81. The largest absolute Gasteiger partial charge is 0.392 e. The van der Waals surface area contributed by atoms with E-state index in [4.69, 9.17) is 5.11 Å². The summed E-state index contributed by atoms with van der Waals surface area (Å²) in [6.07, 6.45) is 3.11. The molecule has 2 nitrogen and oxygen atoms in total. The summed E-state index contributed by atoms with van der Waals surface area (Å²) in [6.45, 7) is 3.14. The molecule has 0 heterocycles. The Morgan fingerprint density at radius 1 is 1.36 bits per heavy atom. The molecule has 1 N–H and O–H groups in total. The molecular formula is C12H12O2. The molecule has 14 heavy (non-hydrogen) atoms. The quantitative estimate of drug-likeness (QED) is 0.732. The molecule has 72 valence electrons. The van der Waals surface area contributed by atoms with Crippen molar-refractivity contribution in [3.8, 4) is 0 Å². The van der Waals surface area contributed by atoms with Gasteiger partial charge in [-0.1, -0.05) is 43.0 Å². The Morgan fingerprint density at radius 2 is 2.00 bits per heavy atom. The van der Waals surface area contributed by atoms with Gasteiger partial charge in [0.2, 0.25) is 0 Å². The second kappa shape index (κ2) is 5.14. The van der Waals surface area contributed by atoms with E-state index in [0.29, 0.717) is 0 Å². The highest BCUT2D eigenvalue weighted by atomic mass is 16.3. The van der Waals surface area contributed by atoms with Crippen LogP contribution in [0.25, 0.3) is 6.08 Å². The van der Waals surface area contributed by atoms with Crippen LogP contribution in [0.15, 0.2) is 48.6 Å². The second-order valence-corrected chi connectivity index (χ2v) is 2.87. The molecule has 0 atom stereocenters. The molecule has 0 radical (unpaired) electrons. The molecule has 0 saturated carbocycles. The molecule has 0 spiro atoms. The first kappa shape index (κ1) is 10.4. The minimum atomic E-state index is -0.294. The third kappa shape index (κ3) is 2.99. The van der Waals surface area contributed by atoms with Crippen LogP contribution in [-0.4, -0.2) is 17.5 Å². The van der Waals surface area contributed by atoms with Gasteiger partial charge in [0.25, 0.3) is 0 Å². The summed E-state index contributed by atoms with van der Waals surface area (Å²) < 4.78 is 0. The molecule has 0 aliphatic carbocycles. The Kier molecular flexibility index (Phi) is 3.83. The van der Waals surface area contributed by atoms with Crippen molar-refractivity contribution in [3.05, 3.63) is 54.1 Å². The smallest absolute Gasteiger partial charge is 0.183 e. The van der Waals surface area contributed by atoms with Crippen molar-refractivity contribution in [2.45, 2.75) is 0 Å². The summed E-state index contributed by atoms with van der Waals surface area (Å²) in [5.41, 5.74) is 1.16. The number of hydrogen-bond donors (Lipinski definition) is 1. The zero-order valence-corrected chi connectivity index (χ0v) is 7.81. The standard InChI is InChI=1S/C12H12O2/c1-10(9-13)12(14)8-7-11-5-3-2-4-6-11/h2-8,13H,1,9H2/b8-7+. The lowest BCUT2D eigenvalue weighted by Crippen LogP contribution is -2.00. The molecule has 1 aromatic rings. The van der Waals surface area contributed by atoms with Crippen LogP contribution in [0.2, 0.25) is 0 Å². The molecule has 0 aliphatic rings. The first-order chi connectivity index (χ1) is 6.74. The van der Waals surface area contributed by atoms with Gasteiger partial charge in [0.1, 0.15) is 0 Å². The SMILES string of the molecule is C=C(CO)C(=O)/C=C/c1ccccc1. The number of rotatable bonds is 4. The van der Waals surface area contributed by atoms with Crippen LogP contribution in [0.4, 0.5) is 0 Å². The van der Waals surface area contributed by atoms with E-state index in [0.717, 1.165) is 5.56 Å². The van der Waals surface area contributed by atoms with Crippen LogP contribution in [0.1, 0.15) is 5.56 Å². The Bertz CT molecular complexity index is 350. The highest BCUT2D eigenvalue weighted by Crippen LogP contribution is 2.02. The van der Waals surface area contributed by atoms with Crippen molar-refractivity contribution < 1.29 is 9.90 Å². The number of aliphatic hydroxyl groups excluding tert-OH is 1. The number of hydrogen-bond acceptors (Lipinski definition) is 2. The summed E-state index contributed by atoms with van der Waals surface area (Å²) in [7, 11) is 0. The fourth-order valence-electron chi connectivity index (χ4n) is 0.932. The van der Waals surface area contributed by atoms with Gasteiger partial charge in [-0.15, -0.1) is 0 Å². The van der Waals surface area contributed by atoms with Crippen molar-refractivity contribution in [2.24, 2.45) is 0 Å². The number of carbonyl (C=O) groups excluding carboxylic acids is 1. The van der Waals surface area contributed by atoms with E-state index < -0.39 is 0 Å². The third-order valence-electron chi connectivity index (χ3n) is 1.77. The van der Waals surface area contributed by atoms with Gasteiger partial charge in [-0.3, -0.25) is 4.79 Å². The van der Waals surface area contributed by atoms with Crippen LogP contribution >= 0.6 is 0 Å². The van der Waals surface area contributed by atoms with Crippen molar-refractivity contribution in [3.63, 3.8) is 0 Å². The number of carbonyl (C=O) groups is 1. The second-order valence-electron chi connectivity index (χ2n) is 2.87. The molecule has 0 bridgehead atoms. The molecule has 0 unspecified atom stereocenters. The number of allylic oxidation sites excluding steroid dienone is 1. The van der Waals surface area contributed by atoms with E-state index in [1.165, 1.54) is 6.08 Å². The highest BCUT2D eigenvalue weighted by Gasteiger charge is 1.99. The van der Waals surface area contributed by atoms with Gasteiger partial charge < -0.3 is 5.11 Å². The monoisotopic (exact) mass is 188 g/mol. The van der Waals surface area contributed by atoms with Gasteiger partial charge in [0.05, 0.1) is 6.61 Å². The molecular weight excluding hydrogens is 176 g/mol. The summed E-state index contributed by atoms with van der Waals surface area (Å²) in [5, 5.41) is 8.65. The maximum atomic E-state index is 11.2. The lowest BCUT2D eigenvalue weighted by atomic mass is 10.1. The van der Waals surface area contributed by atoms with Crippen LogP contribution in [0.5, 0.6) is 0 Å². The lowest BCUT2D eigenvalue weighted by molar-refractivity contribution is -0.111. The number of aliphatic hydroxyl groups is 1. The number of ketones is 1. The average molecular weight is 188 g/mol. The average Bonchev–Trinajstić information content (AvgIpc) is 2.26. The summed E-state index contributed by atoms with van der Waals surface area (Å²) in [5.74, 6) is -0.239. The molecule has 0 aromatic heterocycles. The van der Waals surface area contributed by atoms with E-state index >= 15 is 0 Å². The maximum Gasteiger partial charge on any atom is 0.183 e. The van der Waals surface area contributed by atoms with Gasteiger partial charge in [0, 0.05) is 5.57 Å².